The molecule has 1 heterocycles. The zero-order valence-corrected chi connectivity index (χ0v) is 16.6. The smallest absolute Gasteiger partial charge is 0.225 e. The van der Waals surface area contributed by atoms with Gasteiger partial charge in [-0.25, -0.2) is 0 Å². The Morgan fingerprint density at radius 2 is 1.75 bits per heavy atom. The average Bonchev–Trinajstić information content (AvgIpc) is 2.90. The predicted molar refractivity (Wildman–Crippen MR) is 110 cm³/mol. The van der Waals surface area contributed by atoms with E-state index in [4.69, 9.17) is 4.74 Å². The number of carbonyl (C=O) groups is 2. The summed E-state index contributed by atoms with van der Waals surface area (Å²) in [5.41, 5.74) is 3.34. The topological polar surface area (TPSA) is 58.6 Å². The number of nitrogens with one attached hydrogen (secondary N) is 1. The maximum atomic E-state index is 12.4. The molecule has 28 heavy (non-hydrogen) atoms. The number of methoxy groups -OCH3 is 1. The standard InChI is InChI=1S/C23H28N2O3/c1-3-4-22(26)25-14-13-24-23(27)20(16-25)15-17-5-7-18(8-6-17)19-9-11-21(28-2)12-10-19/h5-12,20H,3-4,13-16H2,1-2H3,(H,24,27)/t20-/m0/s1. The first-order valence-electron chi connectivity index (χ1n) is 9.89. The highest BCUT2D eigenvalue weighted by molar-refractivity contribution is 5.82. The van der Waals surface area contributed by atoms with E-state index >= 15 is 0 Å². The van der Waals surface area contributed by atoms with E-state index in [9.17, 15) is 9.59 Å². The Labute approximate surface area is 166 Å². The lowest BCUT2D eigenvalue weighted by Crippen LogP contribution is -2.37. The first-order valence-corrected chi connectivity index (χ1v) is 9.89. The summed E-state index contributed by atoms with van der Waals surface area (Å²) in [5.74, 6) is 0.793. The fourth-order valence-electron chi connectivity index (χ4n) is 3.56. The lowest BCUT2D eigenvalue weighted by molar-refractivity contribution is -0.132. The molecule has 0 bridgehead atoms. The van der Waals surface area contributed by atoms with Crippen molar-refractivity contribution < 1.29 is 14.3 Å². The molecule has 0 radical (unpaired) electrons. The number of nitrogens with zero attached hydrogens (tertiary/aromatic N) is 1. The Kier molecular flexibility index (Phi) is 6.69. The van der Waals surface area contributed by atoms with Crippen LogP contribution in [0.5, 0.6) is 5.75 Å². The first-order chi connectivity index (χ1) is 13.6. The van der Waals surface area contributed by atoms with Gasteiger partial charge in [0.25, 0.3) is 0 Å². The van der Waals surface area contributed by atoms with Gasteiger partial charge in [-0.15, -0.1) is 0 Å². The van der Waals surface area contributed by atoms with Gasteiger partial charge in [0.15, 0.2) is 0 Å². The molecular weight excluding hydrogens is 352 g/mol. The summed E-state index contributed by atoms with van der Waals surface area (Å²) >= 11 is 0. The van der Waals surface area contributed by atoms with Crippen LogP contribution >= 0.6 is 0 Å². The number of carbonyl (C=O) groups excluding carboxylic acids is 2. The molecule has 1 fully saturated rings. The van der Waals surface area contributed by atoms with Gasteiger partial charge in [0.1, 0.15) is 5.75 Å². The molecule has 3 rings (SSSR count). The summed E-state index contributed by atoms with van der Waals surface area (Å²) in [6, 6.07) is 16.2. The number of ether oxygens (including phenoxy) is 1. The lowest BCUT2D eigenvalue weighted by atomic mass is 9.96. The molecule has 2 aromatic rings. The Morgan fingerprint density at radius 3 is 2.36 bits per heavy atom. The van der Waals surface area contributed by atoms with Crippen molar-refractivity contribution >= 4 is 11.8 Å². The van der Waals surface area contributed by atoms with Crippen molar-refractivity contribution in [3.63, 3.8) is 0 Å². The molecule has 5 heteroatoms. The molecule has 1 aliphatic rings. The number of amides is 2. The molecule has 2 aromatic carbocycles. The molecule has 1 aliphatic heterocycles. The second-order valence-corrected chi connectivity index (χ2v) is 7.21. The fraction of sp³-hybridized carbons (Fsp3) is 0.391. The van der Waals surface area contributed by atoms with Gasteiger partial charge >= 0.3 is 0 Å². The fourth-order valence-corrected chi connectivity index (χ4v) is 3.56. The minimum Gasteiger partial charge on any atom is -0.497 e. The summed E-state index contributed by atoms with van der Waals surface area (Å²) < 4.78 is 5.20. The van der Waals surface area contributed by atoms with E-state index in [1.54, 1.807) is 7.11 Å². The third kappa shape index (κ3) is 4.91. The SMILES string of the molecule is CCCC(=O)N1CCNC(=O)[C@@H](Cc2ccc(-c3ccc(OC)cc3)cc2)C1. The quantitative estimate of drug-likeness (QED) is 0.837. The molecule has 0 saturated carbocycles. The second kappa shape index (κ2) is 9.40. The van der Waals surface area contributed by atoms with E-state index in [2.05, 4.69) is 29.6 Å². The zero-order valence-electron chi connectivity index (χ0n) is 16.6. The molecule has 0 aliphatic carbocycles. The third-order valence-electron chi connectivity index (χ3n) is 5.17. The van der Waals surface area contributed by atoms with E-state index < -0.39 is 0 Å². The maximum absolute atomic E-state index is 12.4. The van der Waals surface area contributed by atoms with Crippen molar-refractivity contribution in [1.82, 2.24) is 10.2 Å². The Hall–Kier alpha value is -2.82. The van der Waals surface area contributed by atoms with Crippen molar-refractivity contribution in [3.8, 4) is 16.9 Å². The highest BCUT2D eigenvalue weighted by Crippen LogP contribution is 2.24. The summed E-state index contributed by atoms with van der Waals surface area (Å²) in [6.45, 7) is 3.62. The number of rotatable bonds is 6. The van der Waals surface area contributed by atoms with Crippen LogP contribution in [0.15, 0.2) is 48.5 Å². The second-order valence-electron chi connectivity index (χ2n) is 7.21. The van der Waals surface area contributed by atoms with Gasteiger partial charge in [0.2, 0.25) is 11.8 Å². The van der Waals surface area contributed by atoms with Crippen molar-refractivity contribution in [2.24, 2.45) is 5.92 Å². The van der Waals surface area contributed by atoms with Gasteiger partial charge in [-0.2, -0.15) is 0 Å². The van der Waals surface area contributed by atoms with Gasteiger partial charge in [0, 0.05) is 26.1 Å². The lowest BCUT2D eigenvalue weighted by Gasteiger charge is -2.23. The molecule has 1 N–H and O–H groups in total. The van der Waals surface area contributed by atoms with Crippen LogP contribution in [-0.2, 0) is 16.0 Å². The monoisotopic (exact) mass is 380 g/mol. The van der Waals surface area contributed by atoms with E-state index in [1.807, 2.05) is 36.1 Å². The van der Waals surface area contributed by atoms with Crippen molar-refractivity contribution in [1.29, 1.82) is 0 Å². The van der Waals surface area contributed by atoms with Crippen LogP contribution < -0.4 is 10.1 Å². The van der Waals surface area contributed by atoms with Crippen molar-refractivity contribution in [2.45, 2.75) is 26.2 Å². The molecule has 5 nitrogen and oxygen atoms in total. The van der Waals surface area contributed by atoms with E-state index in [-0.39, 0.29) is 17.7 Å². The van der Waals surface area contributed by atoms with Crippen LogP contribution in [0.2, 0.25) is 0 Å². The number of hydrogen-bond acceptors (Lipinski definition) is 3. The molecule has 2 amide bonds. The Bertz CT molecular complexity index is 800. The Balaban J connectivity index is 1.68. The molecule has 0 unspecified atom stereocenters. The molecule has 0 spiro atoms. The predicted octanol–water partition coefficient (Wildman–Crippen LogP) is 3.28. The van der Waals surface area contributed by atoms with Crippen LogP contribution in [0.4, 0.5) is 0 Å². The minimum atomic E-state index is -0.213. The number of hydrogen-bond donors (Lipinski definition) is 1. The van der Waals surface area contributed by atoms with Crippen molar-refractivity contribution in [2.75, 3.05) is 26.7 Å². The van der Waals surface area contributed by atoms with Crippen molar-refractivity contribution in [3.05, 3.63) is 54.1 Å². The molecule has 1 saturated heterocycles. The van der Waals surface area contributed by atoms with Gasteiger partial charge in [0.05, 0.1) is 13.0 Å². The molecular formula is C23H28N2O3. The first kappa shape index (κ1) is 19.9. The van der Waals surface area contributed by atoms with Gasteiger partial charge in [-0.1, -0.05) is 43.3 Å². The average molecular weight is 380 g/mol. The van der Waals surface area contributed by atoms with E-state index in [0.29, 0.717) is 32.5 Å². The van der Waals surface area contributed by atoms with Crippen LogP contribution in [0, 0.1) is 5.92 Å². The van der Waals surface area contributed by atoms with E-state index in [1.165, 1.54) is 0 Å². The summed E-state index contributed by atoms with van der Waals surface area (Å²) in [7, 11) is 1.66. The van der Waals surface area contributed by atoms with E-state index in [0.717, 1.165) is 28.9 Å². The summed E-state index contributed by atoms with van der Waals surface area (Å²) in [6.07, 6.45) is 2.00. The van der Waals surface area contributed by atoms with Crippen LogP contribution in [0.1, 0.15) is 25.3 Å². The van der Waals surface area contributed by atoms with Gasteiger partial charge in [-0.05, 0) is 41.7 Å². The zero-order chi connectivity index (χ0) is 19.9. The molecule has 1 atom stereocenters. The molecule has 0 aromatic heterocycles. The summed E-state index contributed by atoms with van der Waals surface area (Å²) in [4.78, 5) is 26.5. The van der Waals surface area contributed by atoms with Gasteiger partial charge in [-0.3, -0.25) is 9.59 Å². The largest absolute Gasteiger partial charge is 0.497 e. The summed E-state index contributed by atoms with van der Waals surface area (Å²) in [5, 5.41) is 2.95. The number of benzene rings is 2. The third-order valence-corrected chi connectivity index (χ3v) is 5.17. The van der Waals surface area contributed by atoms with Crippen LogP contribution in [0.3, 0.4) is 0 Å². The highest BCUT2D eigenvalue weighted by atomic mass is 16.5. The normalized spacial score (nSPS) is 17.0. The van der Waals surface area contributed by atoms with Gasteiger partial charge < -0.3 is 15.0 Å². The molecule has 148 valence electrons. The highest BCUT2D eigenvalue weighted by Gasteiger charge is 2.27. The van der Waals surface area contributed by atoms with Crippen LogP contribution in [-0.4, -0.2) is 43.5 Å². The Morgan fingerprint density at radius 1 is 1.11 bits per heavy atom. The maximum Gasteiger partial charge on any atom is 0.225 e. The van der Waals surface area contributed by atoms with Crippen LogP contribution in [0.25, 0.3) is 11.1 Å². The minimum absolute atomic E-state index is 0.0334.